The average Bonchev–Trinajstić information content (AvgIpc) is 3.66. The quantitative estimate of drug-likeness (QED) is 0.134. The number of aryl methyl sites for hydroxylation is 4. The van der Waals surface area contributed by atoms with Crippen LogP contribution < -0.4 is 26.3 Å². The van der Waals surface area contributed by atoms with Gasteiger partial charge in [-0.2, -0.15) is 34.2 Å². The third-order valence-electron chi connectivity index (χ3n) is 8.54. The molecule has 7 rings (SSSR count). The van der Waals surface area contributed by atoms with E-state index in [-0.39, 0.29) is 27.8 Å². The van der Waals surface area contributed by atoms with Crippen LogP contribution in [0.15, 0.2) is 120 Å². The maximum Gasteiger partial charge on any atom is 0.198 e. The first-order valence-corrected chi connectivity index (χ1v) is 15.6. The molecule has 0 bridgehead atoms. The fourth-order valence-electron chi connectivity index (χ4n) is 6.52. The van der Waals surface area contributed by atoms with Gasteiger partial charge in [-0.25, -0.2) is 9.78 Å². The molecule has 0 fully saturated rings. The third-order valence-corrected chi connectivity index (χ3v) is 8.54. The summed E-state index contributed by atoms with van der Waals surface area (Å²) >= 11 is 0. The number of hydrazone groups is 1. The van der Waals surface area contributed by atoms with Crippen molar-refractivity contribution in [3.63, 3.8) is 0 Å². The van der Waals surface area contributed by atoms with Gasteiger partial charge in [0.05, 0.1) is 11.5 Å². The number of hydrogen-bond donors (Lipinski definition) is 0. The number of rotatable bonds is 7. The van der Waals surface area contributed by atoms with Crippen LogP contribution in [0.2, 0.25) is 0 Å². The van der Waals surface area contributed by atoms with Crippen molar-refractivity contribution in [3.05, 3.63) is 156 Å². The smallest absolute Gasteiger partial charge is 0.198 e. The van der Waals surface area contributed by atoms with Crippen LogP contribution in [0.5, 0.6) is 0 Å². The van der Waals surface area contributed by atoms with Crippen LogP contribution in [0, 0.1) is 46.5 Å². The van der Waals surface area contributed by atoms with Crippen molar-refractivity contribution in [1.82, 2.24) is 9.78 Å². The Kier molecular flexibility index (Phi) is 9.34. The van der Waals surface area contributed by atoms with Gasteiger partial charge < -0.3 is 9.91 Å². The average molecular weight is 792 g/mol. The summed E-state index contributed by atoms with van der Waals surface area (Å²) in [5, 5.41) is 11.8. The molecule has 0 saturated heterocycles. The zero-order chi connectivity index (χ0) is 31.8. The molecule has 1 aliphatic heterocycles. The second kappa shape index (κ2) is 13.6. The minimum atomic E-state index is -0.0873. The van der Waals surface area contributed by atoms with Gasteiger partial charge in [-0.05, 0) is 58.9 Å². The Morgan fingerprint density at radius 2 is 1.28 bits per heavy atom. The van der Waals surface area contributed by atoms with Gasteiger partial charge in [0.25, 0.3) is 0 Å². The zero-order valence-corrected chi connectivity index (χ0v) is 29.4. The largest absolute Gasteiger partial charge is 0.460 e. The van der Waals surface area contributed by atoms with Gasteiger partial charge >= 0.3 is 0 Å². The van der Waals surface area contributed by atoms with Crippen molar-refractivity contribution in [2.75, 3.05) is 9.91 Å². The van der Waals surface area contributed by atoms with Gasteiger partial charge in [-0.15, -0.1) is 42.6 Å². The molecule has 5 nitrogen and oxygen atoms in total. The molecule has 0 N–H and O–H groups in total. The van der Waals surface area contributed by atoms with E-state index < -0.39 is 0 Å². The first-order chi connectivity index (χ1) is 22.4. The second-order valence-corrected chi connectivity index (χ2v) is 12.0. The Labute approximate surface area is 292 Å². The Bertz CT molecular complexity index is 2030. The molecule has 6 aromatic rings. The fraction of sp³-hybridized carbons (Fsp3) is 0.125. The normalized spacial score (nSPS) is 12.6. The third kappa shape index (κ3) is 6.48. The number of nitrogens with zero attached hydrogens (tertiary/aromatic N) is 5. The first kappa shape index (κ1) is 32.3. The summed E-state index contributed by atoms with van der Waals surface area (Å²) in [6.45, 7) is 12.6. The summed E-state index contributed by atoms with van der Waals surface area (Å²) in [7, 11) is 0. The van der Waals surface area contributed by atoms with E-state index in [1.807, 2.05) is 59.7 Å². The molecule has 0 aliphatic carbocycles. The molecule has 47 heavy (non-hydrogen) atoms. The molecule has 0 spiro atoms. The van der Waals surface area contributed by atoms with E-state index in [1.165, 1.54) is 22.2 Å². The molecule has 0 amide bonds. The maximum atomic E-state index is 5.00. The first-order valence-electron chi connectivity index (χ1n) is 15.6. The Morgan fingerprint density at radius 1 is 0.660 bits per heavy atom. The van der Waals surface area contributed by atoms with Crippen molar-refractivity contribution in [3.8, 4) is 16.9 Å². The predicted octanol–water partition coefficient (Wildman–Crippen LogP) is 6.67. The maximum absolute atomic E-state index is 5.00. The van der Waals surface area contributed by atoms with Gasteiger partial charge in [0.1, 0.15) is 0 Å². The summed E-state index contributed by atoms with van der Waals surface area (Å²) in [5.41, 5.74) is 13.1. The molecule has 0 saturated carbocycles. The SMILES string of the molecule is CC1=NN(c2[c-]c(B(c3[c-]c(-c4cc(C)n(-c5ccccc5)n4)ccc3)c3c(C)cc(C)cc3C)ccc2)[CH-]N1c1ccccc1.[Pt]. The number of benzene rings is 5. The van der Waals surface area contributed by atoms with Gasteiger partial charge in [-0.3, -0.25) is 0 Å². The number of hydrogen-bond acceptors (Lipinski definition) is 4. The second-order valence-electron chi connectivity index (χ2n) is 12.0. The minimum absolute atomic E-state index is 0. The van der Waals surface area contributed by atoms with Crippen LogP contribution in [0.1, 0.15) is 29.3 Å². The van der Waals surface area contributed by atoms with Crippen molar-refractivity contribution < 1.29 is 21.1 Å². The van der Waals surface area contributed by atoms with Crippen LogP contribution >= 0.6 is 0 Å². The Morgan fingerprint density at radius 3 is 1.96 bits per heavy atom. The molecule has 1 aromatic heterocycles. The number of anilines is 2. The Balaban J connectivity index is 0.00000386. The van der Waals surface area contributed by atoms with Gasteiger partial charge in [0.15, 0.2) is 6.71 Å². The van der Waals surface area contributed by atoms with Crippen molar-refractivity contribution >= 4 is 40.3 Å². The van der Waals surface area contributed by atoms with E-state index >= 15 is 0 Å². The van der Waals surface area contributed by atoms with Crippen LogP contribution in [0.4, 0.5) is 11.4 Å². The van der Waals surface area contributed by atoms with Gasteiger partial charge in [0.2, 0.25) is 0 Å². The van der Waals surface area contributed by atoms with Crippen LogP contribution in [-0.2, 0) is 21.1 Å². The molecule has 1 aliphatic rings. The summed E-state index contributed by atoms with van der Waals surface area (Å²) in [4.78, 5) is 2.10. The molecule has 0 radical (unpaired) electrons. The molecule has 236 valence electrons. The van der Waals surface area contributed by atoms with Gasteiger partial charge in [-0.1, -0.05) is 82.4 Å². The monoisotopic (exact) mass is 791 g/mol. The van der Waals surface area contributed by atoms with E-state index in [0.29, 0.717) is 0 Å². The van der Waals surface area contributed by atoms with Crippen molar-refractivity contribution in [2.24, 2.45) is 5.10 Å². The molecule has 0 atom stereocenters. The molecule has 2 heterocycles. The molecular weight excluding hydrogens is 756 g/mol. The molecular formula is C40H35BN5Pt-3. The summed E-state index contributed by atoms with van der Waals surface area (Å²) in [5.74, 6) is 0.901. The van der Waals surface area contributed by atoms with E-state index in [9.17, 15) is 0 Å². The number of para-hydroxylation sites is 2. The standard InChI is InChI=1S/C40H35BN5.Pt/c1-28-22-29(2)40(30(3)23-28)41(34-15-12-14-33(25-34)39-24-31(4)46(43-39)37-19-10-7-11-20-37)35-16-13-21-38(26-35)45-27-44(32(5)42-45)36-17-8-6-9-18-36;/h6-24,27H,1-5H3;/q-3;. The molecule has 7 heteroatoms. The van der Waals surface area contributed by atoms with E-state index in [0.717, 1.165) is 50.8 Å². The zero-order valence-electron chi connectivity index (χ0n) is 27.2. The van der Waals surface area contributed by atoms with Crippen molar-refractivity contribution in [2.45, 2.75) is 34.6 Å². The topological polar surface area (TPSA) is 36.7 Å². The fourth-order valence-corrected chi connectivity index (χ4v) is 6.52. The van der Waals surface area contributed by atoms with Crippen LogP contribution in [0.25, 0.3) is 16.9 Å². The van der Waals surface area contributed by atoms with Crippen LogP contribution in [0.3, 0.4) is 0 Å². The Hall–Kier alpha value is -4.67. The summed E-state index contributed by atoms with van der Waals surface area (Å²) in [6.07, 6.45) is 0. The van der Waals surface area contributed by atoms with Crippen molar-refractivity contribution in [1.29, 1.82) is 0 Å². The minimum Gasteiger partial charge on any atom is -0.460 e. The van der Waals surface area contributed by atoms with E-state index in [4.69, 9.17) is 10.2 Å². The van der Waals surface area contributed by atoms with Gasteiger partial charge in [0, 0.05) is 38.1 Å². The predicted molar refractivity (Wildman–Crippen MR) is 192 cm³/mol. The number of aromatic nitrogens is 2. The van der Waals surface area contributed by atoms with E-state index in [1.54, 1.807) is 0 Å². The van der Waals surface area contributed by atoms with Crippen LogP contribution in [-0.4, -0.2) is 22.3 Å². The summed E-state index contributed by atoms with van der Waals surface area (Å²) < 4.78 is 1.99. The molecule has 5 aromatic carbocycles. The number of amidine groups is 1. The molecule has 0 unspecified atom stereocenters. The van der Waals surface area contributed by atoms with E-state index in [2.05, 4.69) is 124 Å². The summed E-state index contributed by atoms with van der Waals surface area (Å²) in [6, 6.07) is 47.5.